The summed E-state index contributed by atoms with van der Waals surface area (Å²) in [5.41, 5.74) is 3.46. The Labute approximate surface area is 201 Å². The molecule has 174 valence electrons. The summed E-state index contributed by atoms with van der Waals surface area (Å²) in [6.45, 7) is 0. The molecule has 1 aliphatic rings. The predicted octanol–water partition coefficient (Wildman–Crippen LogP) is 5.19. The maximum Gasteiger partial charge on any atom is 0.250 e. The summed E-state index contributed by atoms with van der Waals surface area (Å²) in [7, 11) is 1.58. The van der Waals surface area contributed by atoms with Crippen LogP contribution in [0.25, 0.3) is 6.08 Å². The molecule has 7 nitrogen and oxygen atoms in total. The van der Waals surface area contributed by atoms with E-state index in [2.05, 4.69) is 15.4 Å². The van der Waals surface area contributed by atoms with Crippen LogP contribution in [0.4, 0.5) is 16.3 Å². The van der Waals surface area contributed by atoms with Gasteiger partial charge in [-0.15, -0.1) is 5.10 Å². The minimum atomic E-state index is -0.385. The van der Waals surface area contributed by atoms with E-state index in [1.54, 1.807) is 30.0 Å². The number of halogens is 1. The molecule has 2 heterocycles. The van der Waals surface area contributed by atoms with Crippen LogP contribution >= 0.6 is 0 Å². The number of rotatable bonds is 6. The molecule has 0 aliphatic carbocycles. The normalized spacial score (nSPS) is 14.9. The fourth-order valence-corrected chi connectivity index (χ4v) is 3.97. The van der Waals surface area contributed by atoms with Gasteiger partial charge in [0.2, 0.25) is 0 Å². The third kappa shape index (κ3) is 4.86. The Morgan fingerprint density at radius 2 is 1.80 bits per heavy atom. The Kier molecular flexibility index (Phi) is 6.17. The Morgan fingerprint density at radius 3 is 2.57 bits per heavy atom. The number of aromatic nitrogens is 3. The molecule has 8 heteroatoms. The average molecular weight is 468 g/mol. The lowest BCUT2D eigenvalue weighted by atomic mass is 9.96. The minimum absolute atomic E-state index is 0.139. The first kappa shape index (κ1) is 22.2. The molecule has 1 unspecified atom stereocenters. The average Bonchev–Trinajstić information content (AvgIpc) is 3.30. The van der Waals surface area contributed by atoms with E-state index < -0.39 is 0 Å². The fraction of sp³-hybridized carbons (Fsp3) is 0.111. The number of carbonyl (C=O) groups excluding carboxylic acids is 1. The second-order valence-electron chi connectivity index (χ2n) is 7.94. The van der Waals surface area contributed by atoms with Gasteiger partial charge >= 0.3 is 0 Å². The highest BCUT2D eigenvalue weighted by atomic mass is 19.1. The third-order valence-corrected chi connectivity index (χ3v) is 5.68. The van der Waals surface area contributed by atoms with Gasteiger partial charge in [-0.1, -0.05) is 60.7 Å². The zero-order chi connectivity index (χ0) is 24.2. The molecule has 1 amide bonds. The van der Waals surface area contributed by atoms with E-state index in [0.717, 1.165) is 22.4 Å². The van der Waals surface area contributed by atoms with E-state index in [1.807, 2.05) is 54.6 Å². The van der Waals surface area contributed by atoms with Gasteiger partial charge in [-0.2, -0.15) is 4.98 Å². The molecule has 1 aliphatic heterocycles. The van der Waals surface area contributed by atoms with Crippen LogP contribution < -0.4 is 10.1 Å². The number of hydrogen-bond donors (Lipinski definition) is 1. The van der Waals surface area contributed by atoms with E-state index in [1.165, 1.54) is 18.2 Å². The molecule has 0 radical (unpaired) electrons. The van der Waals surface area contributed by atoms with Crippen LogP contribution in [0.5, 0.6) is 5.75 Å². The van der Waals surface area contributed by atoms with E-state index in [4.69, 9.17) is 9.73 Å². The van der Waals surface area contributed by atoms with Gasteiger partial charge in [-0.05, 0) is 35.4 Å². The number of fused-ring (bicyclic) bond motifs is 1. The topological polar surface area (TPSA) is 81.4 Å². The number of hydrogen-bond acceptors (Lipinski definition) is 5. The Hall–Kier alpha value is -4.59. The highest BCUT2D eigenvalue weighted by Crippen LogP contribution is 2.33. The van der Waals surface area contributed by atoms with E-state index in [9.17, 15) is 9.18 Å². The number of nitrogens with zero attached hydrogens (tertiary/aromatic N) is 4. The van der Waals surface area contributed by atoms with Crippen LogP contribution in [0.3, 0.4) is 0 Å². The Balaban J connectivity index is 1.44. The van der Waals surface area contributed by atoms with Crippen molar-refractivity contribution in [3.63, 3.8) is 0 Å². The van der Waals surface area contributed by atoms with Crippen molar-refractivity contribution in [3.8, 4) is 5.75 Å². The number of carbonyl (C=O) groups is 1. The summed E-state index contributed by atoms with van der Waals surface area (Å²) in [6.07, 6.45) is 3.61. The number of anilines is 1. The molecule has 1 N–H and O–H groups in total. The molecule has 1 aromatic heterocycles. The number of ether oxygens (including phenoxy) is 1. The number of benzene rings is 3. The van der Waals surface area contributed by atoms with Gasteiger partial charge in [0, 0.05) is 18.1 Å². The monoisotopic (exact) mass is 467 g/mol. The van der Waals surface area contributed by atoms with Gasteiger partial charge in [-0.3, -0.25) is 10.1 Å². The number of methoxy groups -OCH3 is 1. The van der Waals surface area contributed by atoms with Crippen LogP contribution in [-0.4, -0.2) is 33.5 Å². The summed E-state index contributed by atoms with van der Waals surface area (Å²) in [4.78, 5) is 21.7. The molecule has 3 aromatic carbocycles. The van der Waals surface area contributed by atoms with Crippen molar-refractivity contribution >= 4 is 29.6 Å². The third-order valence-electron chi connectivity index (χ3n) is 5.68. The molecule has 4 aromatic rings. The highest BCUT2D eigenvalue weighted by Gasteiger charge is 2.28. The summed E-state index contributed by atoms with van der Waals surface area (Å²) in [6, 6.07) is 23.3. The Bertz CT molecular complexity index is 1410. The zero-order valence-corrected chi connectivity index (χ0v) is 18.9. The van der Waals surface area contributed by atoms with Crippen molar-refractivity contribution in [3.05, 3.63) is 107 Å². The SMILES string of the molecule is COc1ccccc1/C=C/C(=O)Nc1nc2n(n1)C(c1ccc(F)cc1)CC(c1ccccc1)=N2. The van der Waals surface area contributed by atoms with Crippen LogP contribution in [-0.2, 0) is 4.79 Å². The van der Waals surface area contributed by atoms with Crippen LogP contribution in [0.15, 0.2) is 89.9 Å². The van der Waals surface area contributed by atoms with Crippen molar-refractivity contribution in [1.82, 2.24) is 14.8 Å². The van der Waals surface area contributed by atoms with E-state index in [-0.39, 0.29) is 23.7 Å². The van der Waals surface area contributed by atoms with Crippen molar-refractivity contribution in [2.75, 3.05) is 12.4 Å². The van der Waals surface area contributed by atoms with Gasteiger partial charge < -0.3 is 4.74 Å². The van der Waals surface area contributed by atoms with Crippen LogP contribution in [0.2, 0.25) is 0 Å². The van der Waals surface area contributed by atoms with E-state index in [0.29, 0.717) is 18.1 Å². The molecule has 5 rings (SSSR count). The summed E-state index contributed by atoms with van der Waals surface area (Å²) < 4.78 is 20.5. The second-order valence-corrected chi connectivity index (χ2v) is 7.94. The Morgan fingerprint density at radius 1 is 1.06 bits per heavy atom. The smallest absolute Gasteiger partial charge is 0.250 e. The summed E-state index contributed by atoms with van der Waals surface area (Å²) >= 11 is 0. The summed E-state index contributed by atoms with van der Waals surface area (Å²) in [5.74, 6) is 0.477. The number of amides is 1. The standard InChI is InChI=1S/C27H22FN5O2/c1-35-24-10-6-5-9-20(24)13-16-25(34)30-26-31-27-29-22(18-7-3-2-4-8-18)17-23(33(27)32-26)19-11-14-21(28)15-12-19/h2-16,23H,17H2,1H3,(H,30,32,34)/b16-13+. The summed E-state index contributed by atoms with van der Waals surface area (Å²) in [5, 5.41) is 7.21. The molecule has 0 fully saturated rings. The zero-order valence-electron chi connectivity index (χ0n) is 18.9. The predicted molar refractivity (Wildman–Crippen MR) is 132 cm³/mol. The van der Waals surface area contributed by atoms with Gasteiger partial charge in [0.15, 0.2) is 0 Å². The van der Waals surface area contributed by atoms with Gasteiger partial charge in [0.05, 0.1) is 18.9 Å². The lowest BCUT2D eigenvalue weighted by Crippen LogP contribution is -2.21. The number of para-hydroxylation sites is 1. The van der Waals surface area contributed by atoms with Crippen molar-refractivity contribution in [2.24, 2.45) is 4.99 Å². The number of aliphatic imine (C=N–C) groups is 1. The van der Waals surface area contributed by atoms with Crippen molar-refractivity contribution < 1.29 is 13.9 Å². The maximum atomic E-state index is 13.6. The molecule has 0 spiro atoms. The first-order chi connectivity index (χ1) is 17.1. The van der Waals surface area contributed by atoms with Gasteiger partial charge in [-0.25, -0.2) is 14.1 Å². The second kappa shape index (κ2) is 9.72. The van der Waals surface area contributed by atoms with Crippen LogP contribution in [0.1, 0.15) is 29.2 Å². The molecule has 0 saturated carbocycles. The highest BCUT2D eigenvalue weighted by molar-refractivity contribution is 6.03. The maximum absolute atomic E-state index is 13.6. The lowest BCUT2D eigenvalue weighted by Gasteiger charge is -2.23. The molecule has 1 atom stereocenters. The van der Waals surface area contributed by atoms with E-state index >= 15 is 0 Å². The quantitative estimate of drug-likeness (QED) is 0.396. The lowest BCUT2D eigenvalue weighted by molar-refractivity contribution is -0.111. The van der Waals surface area contributed by atoms with Gasteiger partial charge in [0.1, 0.15) is 11.6 Å². The molecule has 0 saturated heterocycles. The van der Waals surface area contributed by atoms with Crippen molar-refractivity contribution in [1.29, 1.82) is 0 Å². The van der Waals surface area contributed by atoms with Crippen molar-refractivity contribution in [2.45, 2.75) is 12.5 Å². The first-order valence-electron chi connectivity index (χ1n) is 11.1. The molecular formula is C27H22FN5O2. The first-order valence-corrected chi connectivity index (χ1v) is 11.1. The molecular weight excluding hydrogens is 445 g/mol. The molecule has 0 bridgehead atoms. The minimum Gasteiger partial charge on any atom is -0.496 e. The number of nitrogens with one attached hydrogen (secondary N) is 1. The van der Waals surface area contributed by atoms with Crippen LogP contribution in [0, 0.1) is 5.82 Å². The largest absolute Gasteiger partial charge is 0.496 e. The fourth-order valence-electron chi connectivity index (χ4n) is 3.97. The molecule has 35 heavy (non-hydrogen) atoms. The van der Waals surface area contributed by atoms with Gasteiger partial charge in [0.25, 0.3) is 17.8 Å².